The third kappa shape index (κ3) is 12.8. The van der Waals surface area contributed by atoms with Gasteiger partial charge >= 0.3 is 0 Å². The smallest absolute Gasteiger partial charge is 0.229 e. The Morgan fingerprint density at radius 2 is 0.469 bits per heavy atom. The molecule has 0 amide bonds. The van der Waals surface area contributed by atoms with Crippen molar-refractivity contribution in [2.75, 3.05) is 26.4 Å². The fourth-order valence-corrected chi connectivity index (χ4v) is 12.4. The van der Waals surface area contributed by atoms with E-state index in [4.69, 9.17) is 47.9 Å². The van der Waals surface area contributed by atoms with Gasteiger partial charge < -0.3 is 130 Å². The molecule has 8 bridgehead atoms. The predicted molar refractivity (Wildman–Crippen MR) is 338 cm³/mol. The SMILES string of the molecule is OC[C@H]1OC(Oc2ccc(-c3c4nc(c(-c5ccc(OC6O[C@H](CO)[C@H](O)[C@H](O)[C@H]6O)cc5)c5ccc([nH]5)c(-c5ccc(OC6O[C@H](CO)[C@H](O)[C@H](O)[C@H]6O)cc5)c5nc(c(-c6ccc(OC7O[C@H](CO)[C@H](O)[C@H](O)[C@H]7O)cc6)c6ccc3[nH]6)C=C5)C=C4)cc2)[C@H](O)[C@@H](O)[C@H]1O. The first kappa shape index (κ1) is 66.5. The Morgan fingerprint density at radius 1 is 0.271 bits per heavy atom. The molecule has 4 fully saturated rings. The van der Waals surface area contributed by atoms with Crippen molar-refractivity contribution < 1.29 is 120 Å². The van der Waals surface area contributed by atoms with Crippen LogP contribution < -0.4 is 18.9 Å². The molecule has 6 aliphatic heterocycles. The number of aromatic nitrogens is 4. The molecule has 9 heterocycles. The number of fused-ring (bicyclic) bond motifs is 8. The molecule has 4 saturated heterocycles. The molecule has 0 spiro atoms. The molecule has 4 aromatic carbocycles. The molecule has 3 aromatic heterocycles. The van der Waals surface area contributed by atoms with Crippen LogP contribution in [-0.4, -0.2) is 251 Å². The second-order valence-electron chi connectivity index (χ2n) is 23.9. The fourth-order valence-electron chi connectivity index (χ4n) is 12.4. The molecule has 0 radical (unpaired) electrons. The fraction of sp³-hybridized carbons (Fsp3) is 0.353. The van der Waals surface area contributed by atoms with E-state index in [-0.39, 0.29) is 23.0 Å². The molecule has 18 N–H and O–H groups in total. The van der Waals surface area contributed by atoms with Crippen molar-refractivity contribution in [1.82, 2.24) is 19.9 Å². The van der Waals surface area contributed by atoms with Crippen LogP contribution in [0.1, 0.15) is 22.8 Å². The first-order valence-corrected chi connectivity index (χ1v) is 30.8. The topological polar surface area (TPSA) is 455 Å². The van der Waals surface area contributed by atoms with Crippen molar-refractivity contribution in [1.29, 1.82) is 0 Å². The van der Waals surface area contributed by atoms with Crippen LogP contribution in [0.4, 0.5) is 0 Å². The van der Waals surface area contributed by atoms with E-state index in [1.165, 1.54) is 0 Å². The predicted octanol–water partition coefficient (Wildman–Crippen LogP) is 0.0384. The molecule has 28 nitrogen and oxygen atoms in total. The largest absolute Gasteiger partial charge is 0.462 e. The van der Waals surface area contributed by atoms with Gasteiger partial charge in [0.1, 0.15) is 121 Å². The highest BCUT2D eigenvalue weighted by molar-refractivity contribution is 6.00. The van der Waals surface area contributed by atoms with E-state index >= 15 is 0 Å². The molecule has 7 aromatic rings. The maximum Gasteiger partial charge on any atom is 0.229 e. The molecular weight excluding hydrogens is 1260 g/mol. The Balaban J connectivity index is 0.980. The van der Waals surface area contributed by atoms with E-state index in [0.717, 1.165) is 0 Å². The third-order valence-corrected chi connectivity index (χ3v) is 17.7. The number of aliphatic hydroxyl groups is 16. The summed E-state index contributed by atoms with van der Waals surface area (Å²) < 4.78 is 46.6. The molecule has 506 valence electrons. The minimum absolute atomic E-state index is 0.193. The van der Waals surface area contributed by atoms with E-state index in [0.29, 0.717) is 89.4 Å². The molecule has 28 heteroatoms. The van der Waals surface area contributed by atoms with Crippen molar-refractivity contribution in [3.8, 4) is 67.5 Å². The summed E-state index contributed by atoms with van der Waals surface area (Å²) in [4.78, 5) is 18.0. The highest BCUT2D eigenvalue weighted by Gasteiger charge is 2.48. The average Bonchev–Trinajstić information content (AvgIpc) is 1.66. The zero-order chi connectivity index (χ0) is 67.4. The van der Waals surface area contributed by atoms with Crippen LogP contribution in [0.25, 0.3) is 90.9 Å². The molecule has 4 unspecified atom stereocenters. The Labute approximate surface area is 544 Å². The lowest BCUT2D eigenvalue weighted by molar-refractivity contribution is -0.277. The van der Waals surface area contributed by atoms with Gasteiger partial charge in [0, 0.05) is 44.3 Å². The number of aliphatic hydroxyl groups excluding tert-OH is 16. The molecule has 96 heavy (non-hydrogen) atoms. The highest BCUT2D eigenvalue weighted by Crippen LogP contribution is 2.41. The van der Waals surface area contributed by atoms with Crippen LogP contribution in [0.5, 0.6) is 23.0 Å². The second-order valence-corrected chi connectivity index (χ2v) is 23.9. The van der Waals surface area contributed by atoms with Gasteiger partial charge in [0.05, 0.1) is 49.2 Å². The monoisotopic (exact) mass is 1330 g/mol. The summed E-state index contributed by atoms with van der Waals surface area (Å²) in [6, 6.07) is 34.2. The summed E-state index contributed by atoms with van der Waals surface area (Å²) in [6.45, 7) is -2.65. The lowest BCUT2D eigenvalue weighted by atomic mass is 9.99. The van der Waals surface area contributed by atoms with E-state index in [9.17, 15) is 81.7 Å². The summed E-state index contributed by atoms with van der Waals surface area (Å²) in [7, 11) is 0. The number of benzene rings is 4. The summed E-state index contributed by atoms with van der Waals surface area (Å²) in [5.41, 5.74) is 8.73. The van der Waals surface area contributed by atoms with Crippen LogP contribution in [-0.2, 0) is 18.9 Å². The van der Waals surface area contributed by atoms with Crippen molar-refractivity contribution >= 4 is 46.4 Å². The van der Waals surface area contributed by atoms with Gasteiger partial charge in [0.25, 0.3) is 0 Å². The van der Waals surface area contributed by atoms with Crippen molar-refractivity contribution in [2.24, 2.45) is 0 Å². The Bertz CT molecular complexity index is 3610. The number of hydrogen-bond donors (Lipinski definition) is 18. The molecular formula is C68H70N4O24. The van der Waals surface area contributed by atoms with Crippen LogP contribution in [0.3, 0.4) is 0 Å². The maximum absolute atomic E-state index is 10.8. The minimum atomic E-state index is -1.69. The lowest BCUT2D eigenvalue weighted by Gasteiger charge is -2.39. The standard InChI is InChI=1S/C68H70N4O24/c73-25-45-53(77)57(81)61(85)65(93-45)89-33-9-1-29(2-10-33)49-37-17-19-39(69-37)50(30-3-11-34(12-4-30)90-66-62(86)58(82)54(78)46(26-74)94-66)41-21-23-43(71-41)52(32-7-15-36(16-8-32)92-68-64(88)60(84)56(80)48(28-76)96-68)44-24-22-42(72-44)51(40-20-18-38(49)70-40)31-5-13-35(14-6-31)91-67-63(87)59(83)55(79)47(27-75)95-67/h1-24,45-48,53-69,72-88H,25-28H2/t45-,46-,47-,48-,53+,54+,55+,56+,57+,58+,59+,60+,61-,62-,63-,64-,65?,66?,67?,68?/m1/s1. The van der Waals surface area contributed by atoms with E-state index < -0.39 is 149 Å². The molecule has 20 atom stereocenters. The minimum Gasteiger partial charge on any atom is -0.462 e. The van der Waals surface area contributed by atoms with Gasteiger partial charge in [-0.15, -0.1) is 0 Å². The van der Waals surface area contributed by atoms with Gasteiger partial charge in [-0.25, -0.2) is 9.97 Å². The quantitative estimate of drug-likeness (QED) is 0.0607. The van der Waals surface area contributed by atoms with Crippen molar-refractivity contribution in [3.05, 3.63) is 144 Å². The van der Waals surface area contributed by atoms with Crippen LogP contribution in [0.15, 0.2) is 121 Å². The van der Waals surface area contributed by atoms with Crippen LogP contribution >= 0.6 is 0 Å². The van der Waals surface area contributed by atoms with Gasteiger partial charge in [-0.05, 0) is 119 Å². The normalized spacial score (nSPS) is 31.2. The number of rotatable bonds is 16. The Morgan fingerprint density at radius 3 is 0.656 bits per heavy atom. The molecule has 0 saturated carbocycles. The highest BCUT2D eigenvalue weighted by atomic mass is 16.7. The number of H-pyrrole nitrogens is 2. The second kappa shape index (κ2) is 27.8. The number of hydrogen-bond acceptors (Lipinski definition) is 26. The lowest BCUT2D eigenvalue weighted by Crippen LogP contribution is -2.60. The summed E-state index contributed by atoms with van der Waals surface area (Å²) >= 11 is 0. The summed E-state index contributed by atoms with van der Waals surface area (Å²) in [5, 5.41) is 167. The van der Waals surface area contributed by atoms with Gasteiger partial charge in [-0.3, -0.25) is 0 Å². The molecule has 0 aliphatic carbocycles. The van der Waals surface area contributed by atoms with Crippen molar-refractivity contribution in [3.63, 3.8) is 0 Å². The van der Waals surface area contributed by atoms with E-state index in [1.54, 1.807) is 97.1 Å². The zero-order valence-corrected chi connectivity index (χ0v) is 50.5. The van der Waals surface area contributed by atoms with Gasteiger partial charge in [-0.2, -0.15) is 0 Å². The van der Waals surface area contributed by atoms with Gasteiger partial charge in [0.2, 0.25) is 25.2 Å². The maximum atomic E-state index is 10.8. The first-order chi connectivity index (χ1) is 46.3. The molecule has 6 aliphatic rings. The number of nitrogens with zero attached hydrogens (tertiary/aromatic N) is 2. The van der Waals surface area contributed by atoms with Crippen molar-refractivity contribution in [2.45, 2.75) is 123 Å². The van der Waals surface area contributed by atoms with E-state index in [1.807, 2.05) is 48.6 Å². The summed E-state index contributed by atoms with van der Waals surface area (Å²) in [5.74, 6) is 0.772. The number of aromatic amines is 2. The van der Waals surface area contributed by atoms with E-state index in [2.05, 4.69) is 9.97 Å². The van der Waals surface area contributed by atoms with Gasteiger partial charge in [0.15, 0.2) is 0 Å². The Kier molecular flexibility index (Phi) is 19.2. The van der Waals surface area contributed by atoms with Gasteiger partial charge in [-0.1, -0.05) is 48.5 Å². The molecule has 13 rings (SSSR count). The first-order valence-electron chi connectivity index (χ1n) is 30.8. The third-order valence-electron chi connectivity index (χ3n) is 17.7. The Hall–Kier alpha value is -8.12. The van der Waals surface area contributed by atoms with Crippen LogP contribution in [0, 0.1) is 0 Å². The number of nitrogens with one attached hydrogen (secondary N) is 2. The zero-order valence-electron chi connectivity index (χ0n) is 50.5. The number of ether oxygens (including phenoxy) is 8. The van der Waals surface area contributed by atoms with Crippen LogP contribution in [0.2, 0.25) is 0 Å². The summed E-state index contributed by atoms with van der Waals surface area (Å²) in [6.07, 6.45) is -23.4. The average molecular weight is 1330 g/mol.